The van der Waals surface area contributed by atoms with Gasteiger partial charge in [0, 0.05) is 0 Å². The summed E-state index contributed by atoms with van der Waals surface area (Å²) in [6.45, 7) is 1.67. The van der Waals surface area contributed by atoms with Gasteiger partial charge in [0.1, 0.15) is 17.2 Å². The van der Waals surface area contributed by atoms with E-state index in [4.69, 9.17) is 10.8 Å². The number of carboxylic acids is 1. The van der Waals surface area contributed by atoms with Crippen LogP contribution in [-0.4, -0.2) is 26.8 Å². The van der Waals surface area contributed by atoms with Crippen LogP contribution in [0.1, 0.15) is 46.4 Å². The van der Waals surface area contributed by atoms with Gasteiger partial charge in [-0.15, -0.1) is 0 Å². The average Bonchev–Trinajstić information content (AvgIpc) is 2.28. The van der Waals surface area contributed by atoms with Crippen molar-refractivity contribution in [2.45, 2.75) is 31.4 Å². The van der Waals surface area contributed by atoms with E-state index in [0.717, 1.165) is 12.2 Å². The molecule has 1 saturated heterocycles. The van der Waals surface area contributed by atoms with E-state index < -0.39 is 5.97 Å². The zero-order valence-corrected chi connectivity index (χ0v) is 10.5. The van der Waals surface area contributed by atoms with Crippen LogP contribution in [-0.2, 0) is 0 Å². The molecule has 1 atom stereocenters. The van der Waals surface area contributed by atoms with Gasteiger partial charge in [-0.3, -0.25) is 0 Å². The first-order chi connectivity index (χ1) is 8.09. The number of anilines is 1. The topological polar surface area (TPSA) is 89.1 Å². The number of rotatable bonds is 2. The third kappa shape index (κ3) is 2.52. The molecule has 1 unspecified atom stereocenters. The van der Waals surface area contributed by atoms with Gasteiger partial charge < -0.3 is 10.8 Å². The number of nitrogen functional groups attached to an aromatic ring is 1. The quantitative estimate of drug-likeness (QED) is 0.838. The lowest BCUT2D eigenvalue weighted by molar-refractivity contribution is 0.0696. The number of carbonyl (C=O) groups is 1. The molecule has 0 spiro atoms. The van der Waals surface area contributed by atoms with Crippen LogP contribution in [0.15, 0.2) is 0 Å². The van der Waals surface area contributed by atoms with E-state index in [2.05, 4.69) is 9.97 Å². The van der Waals surface area contributed by atoms with Crippen molar-refractivity contribution in [1.82, 2.24) is 9.97 Å². The Kier molecular flexibility index (Phi) is 3.51. The fourth-order valence-corrected chi connectivity index (χ4v) is 3.21. The van der Waals surface area contributed by atoms with Crippen LogP contribution in [0.3, 0.4) is 0 Å². The maximum absolute atomic E-state index is 11.0. The van der Waals surface area contributed by atoms with Crippen molar-refractivity contribution in [2.24, 2.45) is 0 Å². The maximum Gasteiger partial charge on any atom is 0.341 e. The van der Waals surface area contributed by atoms with Crippen molar-refractivity contribution in [3.63, 3.8) is 0 Å². The van der Waals surface area contributed by atoms with Gasteiger partial charge in [0.2, 0.25) is 0 Å². The van der Waals surface area contributed by atoms with Crippen molar-refractivity contribution in [3.05, 3.63) is 17.1 Å². The van der Waals surface area contributed by atoms with Crippen LogP contribution < -0.4 is 5.73 Å². The van der Waals surface area contributed by atoms with Crippen molar-refractivity contribution in [3.8, 4) is 0 Å². The van der Waals surface area contributed by atoms with Crippen LogP contribution in [0.4, 0.5) is 5.82 Å². The number of aromatic carboxylic acids is 1. The van der Waals surface area contributed by atoms with Gasteiger partial charge in [0.25, 0.3) is 0 Å². The van der Waals surface area contributed by atoms with Gasteiger partial charge in [0.05, 0.1) is 10.9 Å². The summed E-state index contributed by atoms with van der Waals surface area (Å²) in [5, 5.41) is 9.24. The van der Waals surface area contributed by atoms with Gasteiger partial charge in [-0.2, -0.15) is 11.8 Å². The molecule has 92 valence electrons. The Morgan fingerprint density at radius 2 is 2.24 bits per heavy atom. The van der Waals surface area contributed by atoms with Gasteiger partial charge >= 0.3 is 5.97 Å². The number of hydrogen-bond acceptors (Lipinski definition) is 5. The summed E-state index contributed by atoms with van der Waals surface area (Å²) in [7, 11) is 0. The number of carboxylic acid groups (broad SMARTS) is 1. The van der Waals surface area contributed by atoms with Crippen molar-refractivity contribution in [1.29, 1.82) is 0 Å². The molecule has 1 aliphatic rings. The Morgan fingerprint density at radius 1 is 1.47 bits per heavy atom. The minimum Gasteiger partial charge on any atom is -0.477 e. The normalized spacial score (nSPS) is 20.2. The molecule has 0 bridgehead atoms. The summed E-state index contributed by atoms with van der Waals surface area (Å²) in [6.07, 6.45) is 3.43. The van der Waals surface area contributed by atoms with Gasteiger partial charge in [0.15, 0.2) is 0 Å². The molecule has 2 rings (SSSR count). The summed E-state index contributed by atoms with van der Waals surface area (Å²) in [5.74, 6) is 0.789. The number of nitrogens with zero attached hydrogens (tertiary/aromatic N) is 2. The Morgan fingerprint density at radius 3 is 2.76 bits per heavy atom. The van der Waals surface area contributed by atoms with Crippen LogP contribution in [0.25, 0.3) is 0 Å². The highest BCUT2D eigenvalue weighted by Crippen LogP contribution is 2.37. The number of nitrogens with two attached hydrogens (primary N) is 1. The molecule has 0 radical (unpaired) electrons. The monoisotopic (exact) mass is 253 g/mol. The molecule has 0 amide bonds. The van der Waals surface area contributed by atoms with Crippen LogP contribution in [0.5, 0.6) is 0 Å². The SMILES string of the molecule is Cc1nc(C2CCCCS2)nc(N)c1C(=O)O. The number of hydrogen-bond donors (Lipinski definition) is 2. The molecule has 1 fully saturated rings. The minimum atomic E-state index is -1.07. The summed E-state index contributed by atoms with van der Waals surface area (Å²) in [4.78, 5) is 19.4. The van der Waals surface area contributed by atoms with E-state index in [-0.39, 0.29) is 16.6 Å². The number of aryl methyl sites for hydroxylation is 1. The van der Waals surface area contributed by atoms with E-state index in [1.807, 2.05) is 11.8 Å². The molecule has 1 aliphatic heterocycles. The lowest BCUT2D eigenvalue weighted by Crippen LogP contribution is -2.14. The van der Waals surface area contributed by atoms with Crippen molar-refractivity contribution < 1.29 is 9.90 Å². The molecule has 0 aliphatic carbocycles. The summed E-state index contributed by atoms with van der Waals surface area (Å²) in [5.41, 5.74) is 6.16. The zero-order chi connectivity index (χ0) is 12.4. The van der Waals surface area contributed by atoms with Crippen molar-refractivity contribution in [2.75, 3.05) is 11.5 Å². The third-order valence-electron chi connectivity index (χ3n) is 2.82. The average molecular weight is 253 g/mol. The second-order valence-corrected chi connectivity index (χ2v) is 5.40. The first-order valence-corrected chi connectivity index (χ1v) is 6.63. The Hall–Kier alpha value is -1.30. The molecule has 6 heteroatoms. The molecular weight excluding hydrogens is 238 g/mol. The fourth-order valence-electron chi connectivity index (χ4n) is 1.97. The Balaban J connectivity index is 2.34. The standard InChI is InChI=1S/C11H15N3O2S/c1-6-8(11(15)16)9(12)14-10(13-6)7-4-2-3-5-17-7/h7H,2-5H2,1H3,(H,15,16)(H2,12,13,14). The summed E-state index contributed by atoms with van der Waals surface area (Å²) in [6, 6.07) is 0. The van der Waals surface area contributed by atoms with Crippen LogP contribution in [0.2, 0.25) is 0 Å². The smallest absolute Gasteiger partial charge is 0.341 e. The zero-order valence-electron chi connectivity index (χ0n) is 9.64. The van der Waals surface area contributed by atoms with E-state index >= 15 is 0 Å². The highest BCUT2D eigenvalue weighted by atomic mass is 32.2. The van der Waals surface area contributed by atoms with Gasteiger partial charge in [-0.1, -0.05) is 6.42 Å². The van der Waals surface area contributed by atoms with Gasteiger partial charge in [-0.25, -0.2) is 14.8 Å². The van der Waals surface area contributed by atoms with E-state index in [0.29, 0.717) is 11.5 Å². The maximum atomic E-state index is 11.0. The lowest BCUT2D eigenvalue weighted by Gasteiger charge is -2.20. The first kappa shape index (κ1) is 12.2. The van der Waals surface area contributed by atoms with Gasteiger partial charge in [-0.05, 0) is 25.5 Å². The Bertz CT molecular complexity index is 421. The third-order valence-corrected chi connectivity index (χ3v) is 4.19. The van der Waals surface area contributed by atoms with Crippen LogP contribution in [0, 0.1) is 6.92 Å². The van der Waals surface area contributed by atoms with E-state index in [1.165, 1.54) is 12.8 Å². The second-order valence-electron chi connectivity index (χ2n) is 4.09. The summed E-state index contributed by atoms with van der Waals surface area (Å²) < 4.78 is 0. The molecule has 2 heterocycles. The predicted molar refractivity (Wildman–Crippen MR) is 67.2 cm³/mol. The molecular formula is C11H15N3O2S. The first-order valence-electron chi connectivity index (χ1n) is 5.58. The van der Waals surface area contributed by atoms with Crippen LogP contribution >= 0.6 is 11.8 Å². The Labute approximate surface area is 104 Å². The molecule has 3 N–H and O–H groups in total. The molecule has 0 aromatic carbocycles. The molecule has 0 saturated carbocycles. The number of aromatic nitrogens is 2. The largest absolute Gasteiger partial charge is 0.477 e. The second kappa shape index (κ2) is 4.91. The molecule has 1 aromatic rings. The van der Waals surface area contributed by atoms with E-state index in [1.54, 1.807) is 6.92 Å². The fraction of sp³-hybridized carbons (Fsp3) is 0.545. The molecule has 17 heavy (non-hydrogen) atoms. The predicted octanol–water partition coefficient (Wildman–Crippen LogP) is 2.02. The number of thioether (sulfide) groups is 1. The van der Waals surface area contributed by atoms with Crippen molar-refractivity contribution >= 4 is 23.5 Å². The molecule has 5 nitrogen and oxygen atoms in total. The molecule has 1 aromatic heterocycles. The lowest BCUT2D eigenvalue weighted by atomic mass is 10.1. The minimum absolute atomic E-state index is 0.0227. The highest BCUT2D eigenvalue weighted by molar-refractivity contribution is 7.99. The van der Waals surface area contributed by atoms with E-state index in [9.17, 15) is 4.79 Å². The highest BCUT2D eigenvalue weighted by Gasteiger charge is 2.22. The summed E-state index contributed by atoms with van der Waals surface area (Å²) >= 11 is 1.82.